The molecule has 2 heterocycles. The van der Waals surface area contributed by atoms with E-state index in [4.69, 9.17) is 9.47 Å². The third-order valence-corrected chi connectivity index (χ3v) is 5.95. The first-order valence-corrected chi connectivity index (χ1v) is 12.0. The van der Waals surface area contributed by atoms with Crippen LogP contribution in [0, 0.1) is 0 Å². The van der Waals surface area contributed by atoms with E-state index in [0.29, 0.717) is 11.3 Å². The standard InChI is InChI=1S/C26H33N5O6/c1-17(2)28-26(35)31-13-12-30(24(33)19-6-5-11-27-15-19)16-22(31)23(32)29-21(25(34)37-4)14-18-7-9-20(36-3)10-8-18/h5-11,15,17,21-22H,12-14,16H2,1-4H3,(H,28,35)(H,29,32). The number of ether oxygens (including phenoxy) is 2. The lowest BCUT2D eigenvalue weighted by Gasteiger charge is -2.41. The molecular weight excluding hydrogens is 478 g/mol. The fourth-order valence-corrected chi connectivity index (χ4v) is 4.04. The molecule has 11 nitrogen and oxygen atoms in total. The molecule has 198 valence electrons. The normalized spacial score (nSPS) is 16.1. The van der Waals surface area contributed by atoms with Crippen LogP contribution < -0.4 is 15.4 Å². The first kappa shape index (κ1) is 27.4. The number of urea groups is 1. The minimum atomic E-state index is -1.02. The molecule has 0 radical (unpaired) electrons. The molecule has 0 aliphatic carbocycles. The van der Waals surface area contributed by atoms with Gasteiger partial charge in [0.2, 0.25) is 5.91 Å². The van der Waals surface area contributed by atoms with Crippen LogP contribution >= 0.6 is 0 Å². The van der Waals surface area contributed by atoms with E-state index in [9.17, 15) is 19.2 Å². The summed E-state index contributed by atoms with van der Waals surface area (Å²) in [5.74, 6) is -0.819. The van der Waals surface area contributed by atoms with Crippen molar-refractivity contribution in [3.63, 3.8) is 0 Å². The van der Waals surface area contributed by atoms with Gasteiger partial charge in [-0.1, -0.05) is 12.1 Å². The Kier molecular flexibility index (Phi) is 9.42. The summed E-state index contributed by atoms with van der Waals surface area (Å²) in [4.78, 5) is 58.9. The van der Waals surface area contributed by atoms with Gasteiger partial charge in [-0.25, -0.2) is 9.59 Å². The molecule has 1 fully saturated rings. The Morgan fingerprint density at radius 1 is 1.05 bits per heavy atom. The van der Waals surface area contributed by atoms with E-state index >= 15 is 0 Å². The van der Waals surface area contributed by atoms with E-state index in [1.54, 1.807) is 49.7 Å². The number of hydrogen-bond donors (Lipinski definition) is 2. The Bertz CT molecular complexity index is 1090. The van der Waals surface area contributed by atoms with Crippen molar-refractivity contribution in [2.24, 2.45) is 0 Å². The van der Waals surface area contributed by atoms with Crippen molar-refractivity contribution >= 4 is 23.8 Å². The van der Waals surface area contributed by atoms with Crippen LogP contribution in [0.15, 0.2) is 48.8 Å². The van der Waals surface area contributed by atoms with Gasteiger partial charge >= 0.3 is 12.0 Å². The largest absolute Gasteiger partial charge is 0.497 e. The highest BCUT2D eigenvalue weighted by molar-refractivity contribution is 5.96. The molecule has 11 heteroatoms. The fraction of sp³-hybridized carbons (Fsp3) is 0.423. The van der Waals surface area contributed by atoms with E-state index < -0.39 is 30.0 Å². The van der Waals surface area contributed by atoms with Crippen LogP contribution in [-0.4, -0.2) is 90.6 Å². The van der Waals surface area contributed by atoms with Crippen LogP contribution in [0.25, 0.3) is 0 Å². The molecule has 4 amide bonds. The fourth-order valence-electron chi connectivity index (χ4n) is 4.04. The van der Waals surface area contributed by atoms with Crippen molar-refractivity contribution in [2.75, 3.05) is 33.9 Å². The van der Waals surface area contributed by atoms with Crippen LogP contribution in [0.5, 0.6) is 5.75 Å². The highest BCUT2D eigenvalue weighted by Crippen LogP contribution is 2.16. The Labute approximate surface area is 216 Å². The zero-order valence-electron chi connectivity index (χ0n) is 21.5. The Morgan fingerprint density at radius 2 is 1.78 bits per heavy atom. The zero-order valence-corrected chi connectivity index (χ0v) is 21.5. The molecule has 1 aliphatic heterocycles. The Balaban J connectivity index is 1.81. The maximum Gasteiger partial charge on any atom is 0.328 e. The van der Waals surface area contributed by atoms with E-state index in [1.807, 2.05) is 13.8 Å². The molecule has 1 aromatic heterocycles. The van der Waals surface area contributed by atoms with Gasteiger partial charge in [-0.2, -0.15) is 0 Å². The van der Waals surface area contributed by atoms with Crippen LogP contribution in [-0.2, 0) is 20.7 Å². The lowest BCUT2D eigenvalue weighted by atomic mass is 10.0. The topological polar surface area (TPSA) is 130 Å². The summed E-state index contributed by atoms with van der Waals surface area (Å²) in [6.07, 6.45) is 3.19. The number of benzene rings is 1. The van der Waals surface area contributed by atoms with Gasteiger partial charge in [-0.05, 0) is 43.7 Å². The maximum atomic E-state index is 13.5. The van der Waals surface area contributed by atoms with E-state index in [2.05, 4.69) is 15.6 Å². The number of carbonyl (C=O) groups is 4. The zero-order chi connectivity index (χ0) is 26.9. The third kappa shape index (κ3) is 7.18. The molecule has 1 aliphatic rings. The SMILES string of the molecule is COC(=O)C(Cc1ccc(OC)cc1)NC(=O)C1CN(C(=O)c2cccnc2)CCN1C(=O)NC(C)C. The number of nitrogens with zero attached hydrogens (tertiary/aromatic N) is 3. The number of amides is 4. The highest BCUT2D eigenvalue weighted by atomic mass is 16.5. The number of hydrogen-bond acceptors (Lipinski definition) is 7. The van der Waals surface area contributed by atoms with E-state index in [1.165, 1.54) is 23.1 Å². The molecule has 2 aromatic rings. The monoisotopic (exact) mass is 511 g/mol. The molecular formula is C26H33N5O6. The highest BCUT2D eigenvalue weighted by Gasteiger charge is 2.39. The van der Waals surface area contributed by atoms with Gasteiger partial charge in [0.25, 0.3) is 5.91 Å². The summed E-state index contributed by atoms with van der Waals surface area (Å²) in [7, 11) is 2.80. The molecule has 2 N–H and O–H groups in total. The Hall–Kier alpha value is -4.15. The molecule has 1 saturated heterocycles. The second kappa shape index (κ2) is 12.7. The van der Waals surface area contributed by atoms with Crippen LogP contribution in [0.1, 0.15) is 29.8 Å². The molecule has 0 spiro atoms. The molecule has 37 heavy (non-hydrogen) atoms. The van der Waals surface area contributed by atoms with Crippen molar-refractivity contribution in [2.45, 2.75) is 38.4 Å². The smallest absolute Gasteiger partial charge is 0.328 e. The number of esters is 1. The predicted molar refractivity (Wildman–Crippen MR) is 135 cm³/mol. The van der Waals surface area contributed by atoms with Crippen molar-refractivity contribution in [1.82, 2.24) is 25.4 Å². The van der Waals surface area contributed by atoms with Crippen LogP contribution in [0.3, 0.4) is 0 Å². The number of carbonyl (C=O) groups excluding carboxylic acids is 4. The van der Waals surface area contributed by atoms with Gasteiger partial charge < -0.3 is 29.9 Å². The number of nitrogens with one attached hydrogen (secondary N) is 2. The van der Waals surface area contributed by atoms with Crippen LogP contribution in [0.2, 0.25) is 0 Å². The summed E-state index contributed by atoms with van der Waals surface area (Å²) in [5, 5.41) is 5.54. The van der Waals surface area contributed by atoms with Crippen molar-refractivity contribution in [3.05, 3.63) is 59.9 Å². The van der Waals surface area contributed by atoms with Gasteiger partial charge in [0.05, 0.1) is 26.3 Å². The number of rotatable bonds is 8. The first-order valence-electron chi connectivity index (χ1n) is 12.0. The van der Waals surface area contributed by atoms with Gasteiger partial charge in [-0.3, -0.25) is 14.6 Å². The molecule has 0 saturated carbocycles. The van der Waals surface area contributed by atoms with E-state index in [-0.39, 0.29) is 38.0 Å². The first-order chi connectivity index (χ1) is 17.7. The quantitative estimate of drug-likeness (QED) is 0.510. The lowest BCUT2D eigenvalue weighted by Crippen LogP contribution is -2.64. The van der Waals surface area contributed by atoms with Crippen LogP contribution in [0.4, 0.5) is 4.79 Å². The summed E-state index contributed by atoms with van der Waals surface area (Å²) >= 11 is 0. The number of piperazine rings is 1. The average Bonchev–Trinajstić information content (AvgIpc) is 2.91. The van der Waals surface area contributed by atoms with Gasteiger partial charge in [0.15, 0.2) is 0 Å². The van der Waals surface area contributed by atoms with Crippen molar-refractivity contribution in [1.29, 1.82) is 0 Å². The molecule has 2 atom stereocenters. The Morgan fingerprint density at radius 3 is 2.38 bits per heavy atom. The molecule has 3 rings (SSSR count). The minimum absolute atomic E-state index is 0.0402. The van der Waals surface area contributed by atoms with Gasteiger partial charge in [-0.15, -0.1) is 0 Å². The second-order valence-corrected chi connectivity index (χ2v) is 8.94. The average molecular weight is 512 g/mol. The third-order valence-electron chi connectivity index (χ3n) is 5.95. The minimum Gasteiger partial charge on any atom is -0.497 e. The molecule has 2 unspecified atom stereocenters. The lowest BCUT2D eigenvalue weighted by molar-refractivity contribution is -0.145. The summed E-state index contributed by atoms with van der Waals surface area (Å²) in [6, 6.07) is 7.81. The van der Waals surface area contributed by atoms with Gasteiger partial charge in [0, 0.05) is 37.9 Å². The number of aromatic nitrogens is 1. The molecule has 0 bridgehead atoms. The number of methoxy groups -OCH3 is 2. The summed E-state index contributed by atoms with van der Waals surface area (Å²) in [5.41, 5.74) is 1.16. The van der Waals surface area contributed by atoms with E-state index in [0.717, 1.165) is 5.56 Å². The summed E-state index contributed by atoms with van der Waals surface area (Å²) < 4.78 is 10.1. The van der Waals surface area contributed by atoms with Gasteiger partial charge in [0.1, 0.15) is 17.8 Å². The molecule has 1 aromatic carbocycles. The second-order valence-electron chi connectivity index (χ2n) is 8.94. The van der Waals surface area contributed by atoms with Crippen molar-refractivity contribution < 1.29 is 28.7 Å². The summed E-state index contributed by atoms with van der Waals surface area (Å²) in [6.45, 7) is 3.98. The predicted octanol–water partition coefficient (Wildman–Crippen LogP) is 1.24. The number of pyridine rings is 1. The maximum absolute atomic E-state index is 13.5. The van der Waals surface area contributed by atoms with Crippen molar-refractivity contribution in [3.8, 4) is 5.75 Å².